The van der Waals surface area contributed by atoms with Crippen LogP contribution in [-0.2, 0) is 18.8 Å². The molecule has 2 N–H and O–H groups in total. The highest BCUT2D eigenvalue weighted by atomic mass is 79.9. The van der Waals surface area contributed by atoms with E-state index in [4.69, 9.17) is 10.5 Å². The number of nitriles is 1. The first-order valence-corrected chi connectivity index (χ1v) is 7.95. The molecule has 0 spiro atoms. The molecular formula is C16H14BrN5O3. The third-order valence-corrected chi connectivity index (χ3v) is 4.78. The van der Waals surface area contributed by atoms with Crippen molar-refractivity contribution in [1.82, 2.24) is 13.7 Å². The number of rotatable bonds is 2. The summed E-state index contributed by atoms with van der Waals surface area (Å²) in [5.74, 6) is -0.659. The SMILES string of the molecule is COC(=O)c1c(N)c(C#N)cn1-c1cc2c(cc1Br)n(C)c(=O)n2C. The molecule has 1 aromatic carbocycles. The number of nitrogens with two attached hydrogens (primary N) is 1. The Morgan fingerprint density at radius 3 is 2.44 bits per heavy atom. The minimum absolute atomic E-state index is 0.0447. The Morgan fingerprint density at radius 1 is 1.28 bits per heavy atom. The van der Waals surface area contributed by atoms with Gasteiger partial charge in [-0.2, -0.15) is 5.26 Å². The van der Waals surface area contributed by atoms with E-state index in [-0.39, 0.29) is 22.6 Å². The second-order valence-corrected chi connectivity index (χ2v) is 6.33. The van der Waals surface area contributed by atoms with Crippen molar-refractivity contribution in [2.24, 2.45) is 14.1 Å². The van der Waals surface area contributed by atoms with Crippen molar-refractivity contribution < 1.29 is 9.53 Å². The molecule has 0 bridgehead atoms. The van der Waals surface area contributed by atoms with E-state index in [0.717, 1.165) is 5.52 Å². The van der Waals surface area contributed by atoms with Gasteiger partial charge in [-0.15, -0.1) is 0 Å². The van der Waals surface area contributed by atoms with Crippen LogP contribution in [0.15, 0.2) is 27.6 Å². The average molecular weight is 404 g/mol. The van der Waals surface area contributed by atoms with Crippen molar-refractivity contribution in [3.63, 3.8) is 0 Å². The molecular weight excluding hydrogens is 390 g/mol. The minimum atomic E-state index is -0.659. The lowest BCUT2D eigenvalue weighted by Crippen LogP contribution is -2.19. The topological polar surface area (TPSA) is 108 Å². The van der Waals surface area contributed by atoms with Gasteiger partial charge in [-0.05, 0) is 28.1 Å². The fourth-order valence-corrected chi connectivity index (χ4v) is 3.32. The number of hydrogen-bond donors (Lipinski definition) is 1. The Morgan fingerprint density at radius 2 is 1.88 bits per heavy atom. The number of ether oxygens (including phenoxy) is 1. The van der Waals surface area contributed by atoms with Gasteiger partial charge in [0.15, 0.2) is 5.69 Å². The highest BCUT2D eigenvalue weighted by Crippen LogP contribution is 2.31. The predicted octanol–water partition coefficient (Wildman–Crippen LogP) is 1.67. The summed E-state index contributed by atoms with van der Waals surface area (Å²) >= 11 is 3.46. The summed E-state index contributed by atoms with van der Waals surface area (Å²) < 4.78 is 9.93. The first-order chi connectivity index (χ1) is 11.8. The van der Waals surface area contributed by atoms with Crippen LogP contribution in [0.1, 0.15) is 16.1 Å². The van der Waals surface area contributed by atoms with Crippen LogP contribution in [0.3, 0.4) is 0 Å². The number of anilines is 1. The number of carbonyl (C=O) groups excluding carboxylic acids is 1. The Hall–Kier alpha value is -2.99. The molecule has 0 amide bonds. The van der Waals surface area contributed by atoms with Crippen molar-refractivity contribution in [2.75, 3.05) is 12.8 Å². The van der Waals surface area contributed by atoms with E-state index in [1.165, 1.54) is 27.0 Å². The molecule has 0 atom stereocenters. The molecule has 0 radical (unpaired) electrons. The van der Waals surface area contributed by atoms with E-state index < -0.39 is 5.97 Å². The maximum absolute atomic E-state index is 12.2. The second-order valence-electron chi connectivity index (χ2n) is 5.47. The molecule has 0 aliphatic rings. The molecule has 8 nitrogen and oxygen atoms in total. The number of carbonyl (C=O) groups is 1. The number of methoxy groups -OCH3 is 1. The molecule has 25 heavy (non-hydrogen) atoms. The molecule has 128 valence electrons. The molecule has 0 saturated carbocycles. The number of fused-ring (bicyclic) bond motifs is 1. The van der Waals surface area contributed by atoms with Gasteiger partial charge < -0.3 is 15.0 Å². The monoisotopic (exact) mass is 403 g/mol. The van der Waals surface area contributed by atoms with Crippen LogP contribution < -0.4 is 11.4 Å². The highest BCUT2D eigenvalue weighted by Gasteiger charge is 2.23. The number of benzene rings is 1. The molecule has 9 heteroatoms. The lowest BCUT2D eigenvalue weighted by atomic mass is 10.2. The standard InChI is InChI=1S/C16H14BrN5O3/c1-20-11-4-9(17)10(5-12(11)21(2)16(20)24)22-7-8(6-18)13(19)14(22)15(23)25-3/h4-5,7H,19H2,1-3H3. The zero-order valence-corrected chi connectivity index (χ0v) is 15.3. The van der Waals surface area contributed by atoms with Crippen molar-refractivity contribution in [3.05, 3.63) is 44.5 Å². The van der Waals surface area contributed by atoms with Crippen molar-refractivity contribution in [3.8, 4) is 11.8 Å². The fourth-order valence-electron chi connectivity index (χ4n) is 2.80. The van der Waals surface area contributed by atoms with E-state index >= 15 is 0 Å². The fraction of sp³-hybridized carbons (Fsp3) is 0.188. The van der Waals surface area contributed by atoms with E-state index in [0.29, 0.717) is 15.7 Å². The van der Waals surface area contributed by atoms with Crippen LogP contribution in [0.2, 0.25) is 0 Å². The number of halogens is 1. The van der Waals surface area contributed by atoms with Gasteiger partial charge in [-0.3, -0.25) is 9.13 Å². The Balaban J connectivity index is 2.40. The molecule has 0 aliphatic heterocycles. The third kappa shape index (κ3) is 2.34. The van der Waals surface area contributed by atoms with E-state index in [1.54, 1.807) is 26.2 Å². The molecule has 0 aliphatic carbocycles. The summed E-state index contributed by atoms with van der Waals surface area (Å²) in [6, 6.07) is 5.47. The van der Waals surface area contributed by atoms with Crippen LogP contribution in [0, 0.1) is 11.3 Å². The summed E-state index contributed by atoms with van der Waals surface area (Å²) in [7, 11) is 4.58. The first kappa shape index (κ1) is 16.9. The largest absolute Gasteiger partial charge is 0.464 e. The van der Waals surface area contributed by atoms with Crippen LogP contribution in [0.4, 0.5) is 5.69 Å². The van der Waals surface area contributed by atoms with Gasteiger partial charge in [0.1, 0.15) is 6.07 Å². The van der Waals surface area contributed by atoms with Crippen molar-refractivity contribution in [1.29, 1.82) is 5.26 Å². The Kier molecular flexibility index (Phi) is 3.93. The van der Waals surface area contributed by atoms with Crippen LogP contribution in [-0.4, -0.2) is 26.8 Å². The average Bonchev–Trinajstić information content (AvgIpc) is 3.04. The minimum Gasteiger partial charge on any atom is -0.464 e. The number of aryl methyl sites for hydroxylation is 2. The van der Waals surface area contributed by atoms with Crippen LogP contribution in [0.25, 0.3) is 16.7 Å². The van der Waals surface area contributed by atoms with Crippen molar-refractivity contribution >= 4 is 38.6 Å². The molecule has 0 fully saturated rings. The lowest BCUT2D eigenvalue weighted by Gasteiger charge is -2.11. The molecule has 3 aromatic rings. The van der Waals surface area contributed by atoms with Gasteiger partial charge in [-0.1, -0.05) is 0 Å². The molecule has 2 heterocycles. The summed E-state index contributed by atoms with van der Waals surface area (Å²) in [6.07, 6.45) is 1.47. The predicted molar refractivity (Wildman–Crippen MR) is 95.7 cm³/mol. The quantitative estimate of drug-likeness (QED) is 0.654. The van der Waals surface area contributed by atoms with Crippen LogP contribution >= 0.6 is 15.9 Å². The van der Waals surface area contributed by atoms with Gasteiger partial charge in [0.2, 0.25) is 0 Å². The zero-order chi connectivity index (χ0) is 18.5. The highest BCUT2D eigenvalue weighted by molar-refractivity contribution is 9.10. The number of hydrogen-bond acceptors (Lipinski definition) is 5. The van der Waals surface area contributed by atoms with Gasteiger partial charge in [-0.25, -0.2) is 9.59 Å². The number of imidazole rings is 1. The maximum Gasteiger partial charge on any atom is 0.357 e. The maximum atomic E-state index is 12.2. The normalized spacial score (nSPS) is 10.8. The third-order valence-electron chi connectivity index (χ3n) is 4.14. The summed E-state index contributed by atoms with van der Waals surface area (Å²) in [5, 5.41) is 9.23. The Bertz CT molecular complexity index is 1130. The summed E-state index contributed by atoms with van der Waals surface area (Å²) in [6.45, 7) is 0. The van der Waals surface area contributed by atoms with E-state index in [1.807, 2.05) is 6.07 Å². The van der Waals surface area contributed by atoms with E-state index in [9.17, 15) is 14.9 Å². The van der Waals surface area contributed by atoms with Gasteiger partial charge in [0.05, 0.1) is 35.1 Å². The van der Waals surface area contributed by atoms with Crippen LogP contribution in [0.5, 0.6) is 0 Å². The van der Waals surface area contributed by atoms with Gasteiger partial charge in [0.25, 0.3) is 0 Å². The van der Waals surface area contributed by atoms with Gasteiger partial charge in [0, 0.05) is 24.8 Å². The zero-order valence-electron chi connectivity index (χ0n) is 13.7. The first-order valence-electron chi connectivity index (χ1n) is 7.16. The van der Waals surface area contributed by atoms with Gasteiger partial charge >= 0.3 is 11.7 Å². The number of nitrogen functional groups attached to an aromatic ring is 1. The molecule has 0 saturated heterocycles. The summed E-state index contributed by atoms with van der Waals surface area (Å²) in [5.41, 5.74) is 7.98. The molecule has 0 unspecified atom stereocenters. The number of aromatic nitrogens is 3. The number of esters is 1. The van der Waals surface area contributed by atoms with E-state index in [2.05, 4.69) is 15.9 Å². The smallest absolute Gasteiger partial charge is 0.357 e. The summed E-state index contributed by atoms with van der Waals surface area (Å²) in [4.78, 5) is 24.3. The lowest BCUT2D eigenvalue weighted by molar-refractivity contribution is 0.0593. The second kappa shape index (κ2) is 5.82. The Labute approximate surface area is 150 Å². The van der Waals surface area contributed by atoms with Crippen molar-refractivity contribution in [2.45, 2.75) is 0 Å². The number of nitrogens with zero attached hydrogens (tertiary/aromatic N) is 4. The molecule has 2 aromatic heterocycles. The molecule has 3 rings (SSSR count).